The molecule has 0 atom stereocenters. The maximum Gasteiger partial charge on any atom is 0.119 e. The summed E-state index contributed by atoms with van der Waals surface area (Å²) in [5.41, 5.74) is 3.53. The van der Waals surface area contributed by atoms with E-state index < -0.39 is 0 Å². The molecule has 2 nitrogen and oxygen atoms in total. The van der Waals surface area contributed by atoms with Crippen LogP contribution in [0.1, 0.15) is 102 Å². The van der Waals surface area contributed by atoms with Crippen LogP contribution >= 0.6 is 0 Å². The van der Waals surface area contributed by atoms with Gasteiger partial charge in [-0.3, -0.25) is 4.99 Å². The highest BCUT2D eigenvalue weighted by Crippen LogP contribution is 2.17. The van der Waals surface area contributed by atoms with Crippen molar-refractivity contribution in [2.75, 3.05) is 6.61 Å². The molecule has 0 unspecified atom stereocenters. The van der Waals surface area contributed by atoms with E-state index in [-0.39, 0.29) is 0 Å². The molecule has 0 bridgehead atoms. The van der Waals surface area contributed by atoms with E-state index in [1.54, 1.807) is 0 Å². The molecule has 0 spiro atoms. The molecule has 0 amide bonds. The highest BCUT2D eigenvalue weighted by Gasteiger charge is 1.97. The highest BCUT2D eigenvalue weighted by molar-refractivity contribution is 5.82. The minimum Gasteiger partial charge on any atom is -0.494 e. The molecule has 0 radical (unpaired) electrons. The van der Waals surface area contributed by atoms with E-state index in [1.807, 2.05) is 18.3 Å². The molecule has 0 fully saturated rings. The minimum absolute atomic E-state index is 0.810. The zero-order chi connectivity index (χ0) is 22.0. The van der Waals surface area contributed by atoms with Gasteiger partial charge in [0.05, 0.1) is 12.3 Å². The van der Waals surface area contributed by atoms with Crippen LogP contribution < -0.4 is 4.74 Å². The fourth-order valence-electron chi connectivity index (χ4n) is 3.73. The van der Waals surface area contributed by atoms with Crippen molar-refractivity contribution in [2.45, 2.75) is 97.3 Å². The van der Waals surface area contributed by atoms with Crippen LogP contribution in [-0.4, -0.2) is 12.8 Å². The van der Waals surface area contributed by atoms with Crippen LogP contribution in [0.2, 0.25) is 0 Å². The standard InChI is InChI=1S/C29H43NO/c1-3-5-7-9-11-13-15-26-16-20-28(21-17-26)30-25-27-18-22-29(23-19-27)31-24-14-12-10-8-6-4-2/h16-23,25H,3-15,24H2,1-2H3. The summed E-state index contributed by atoms with van der Waals surface area (Å²) in [6, 6.07) is 16.9. The molecule has 0 aromatic heterocycles. The van der Waals surface area contributed by atoms with Crippen LogP contribution in [0.15, 0.2) is 53.5 Å². The summed E-state index contributed by atoms with van der Waals surface area (Å²) in [7, 11) is 0. The van der Waals surface area contributed by atoms with Crippen molar-refractivity contribution in [3.8, 4) is 5.75 Å². The van der Waals surface area contributed by atoms with Gasteiger partial charge in [-0.05, 0) is 66.8 Å². The summed E-state index contributed by atoms with van der Waals surface area (Å²) in [6.45, 7) is 5.33. The lowest BCUT2D eigenvalue weighted by Crippen LogP contribution is -1.97. The number of benzene rings is 2. The molecular formula is C29H43NO. The number of hydrogen-bond acceptors (Lipinski definition) is 2. The van der Waals surface area contributed by atoms with Gasteiger partial charge in [0.1, 0.15) is 5.75 Å². The Kier molecular flexibility index (Phi) is 13.5. The van der Waals surface area contributed by atoms with Gasteiger partial charge < -0.3 is 4.74 Å². The average Bonchev–Trinajstić information content (AvgIpc) is 2.81. The van der Waals surface area contributed by atoms with Crippen LogP contribution in [0.25, 0.3) is 0 Å². The Morgan fingerprint density at radius 3 is 1.87 bits per heavy atom. The van der Waals surface area contributed by atoms with Gasteiger partial charge in [-0.2, -0.15) is 0 Å². The van der Waals surface area contributed by atoms with Gasteiger partial charge >= 0.3 is 0 Å². The number of hydrogen-bond donors (Lipinski definition) is 0. The molecule has 2 aromatic rings. The predicted octanol–water partition coefficient (Wildman–Crippen LogP) is 9.08. The van der Waals surface area contributed by atoms with Crippen molar-refractivity contribution in [3.05, 3.63) is 59.7 Å². The van der Waals surface area contributed by atoms with Crippen molar-refractivity contribution in [1.29, 1.82) is 0 Å². The zero-order valence-corrected chi connectivity index (χ0v) is 20.0. The predicted molar refractivity (Wildman–Crippen MR) is 136 cm³/mol. The molecule has 0 heterocycles. The summed E-state index contributed by atoms with van der Waals surface area (Å²) in [5, 5.41) is 0. The van der Waals surface area contributed by atoms with Crippen molar-refractivity contribution >= 4 is 11.9 Å². The van der Waals surface area contributed by atoms with Gasteiger partial charge in [0, 0.05) is 6.21 Å². The molecule has 170 valence electrons. The molecule has 0 aliphatic carbocycles. The number of unbranched alkanes of at least 4 members (excludes halogenated alkanes) is 10. The van der Waals surface area contributed by atoms with E-state index in [1.165, 1.54) is 82.6 Å². The lowest BCUT2D eigenvalue weighted by molar-refractivity contribution is 0.304. The van der Waals surface area contributed by atoms with Gasteiger partial charge in [-0.1, -0.05) is 90.2 Å². The summed E-state index contributed by atoms with van der Waals surface area (Å²) in [4.78, 5) is 4.62. The van der Waals surface area contributed by atoms with Crippen LogP contribution in [0.4, 0.5) is 5.69 Å². The van der Waals surface area contributed by atoms with E-state index in [0.29, 0.717) is 0 Å². The van der Waals surface area contributed by atoms with E-state index in [0.717, 1.165) is 30.0 Å². The first kappa shape index (κ1) is 25.2. The van der Waals surface area contributed by atoms with Crippen LogP contribution in [0, 0.1) is 0 Å². The summed E-state index contributed by atoms with van der Waals surface area (Å²) < 4.78 is 5.86. The Balaban J connectivity index is 1.66. The average molecular weight is 422 g/mol. The Labute approximate surface area is 191 Å². The number of aryl methyl sites for hydroxylation is 1. The fourth-order valence-corrected chi connectivity index (χ4v) is 3.73. The zero-order valence-electron chi connectivity index (χ0n) is 20.0. The van der Waals surface area contributed by atoms with Gasteiger partial charge in [-0.15, -0.1) is 0 Å². The molecular weight excluding hydrogens is 378 g/mol. The lowest BCUT2D eigenvalue weighted by Gasteiger charge is -2.06. The largest absolute Gasteiger partial charge is 0.494 e. The van der Waals surface area contributed by atoms with E-state index in [2.05, 4.69) is 55.2 Å². The first-order valence-corrected chi connectivity index (χ1v) is 12.7. The Bertz CT molecular complexity index is 703. The van der Waals surface area contributed by atoms with Gasteiger partial charge in [0.2, 0.25) is 0 Å². The maximum absolute atomic E-state index is 5.86. The summed E-state index contributed by atoms with van der Waals surface area (Å²) in [5.74, 6) is 0.949. The Morgan fingerprint density at radius 1 is 0.645 bits per heavy atom. The third-order valence-electron chi connectivity index (χ3n) is 5.76. The quantitative estimate of drug-likeness (QED) is 0.184. The minimum atomic E-state index is 0.810. The Hall–Kier alpha value is -2.09. The van der Waals surface area contributed by atoms with E-state index >= 15 is 0 Å². The number of ether oxygens (including phenoxy) is 1. The summed E-state index contributed by atoms with van der Waals surface area (Å²) >= 11 is 0. The second-order valence-electron chi connectivity index (χ2n) is 8.63. The fraction of sp³-hybridized carbons (Fsp3) is 0.552. The van der Waals surface area contributed by atoms with Gasteiger partial charge in [-0.25, -0.2) is 0 Å². The molecule has 2 aromatic carbocycles. The first-order chi connectivity index (χ1) is 15.3. The van der Waals surface area contributed by atoms with E-state index in [4.69, 9.17) is 4.74 Å². The number of aliphatic imine (C=N–C) groups is 1. The molecule has 0 aliphatic heterocycles. The summed E-state index contributed by atoms with van der Waals surface area (Å²) in [6.07, 6.45) is 18.9. The molecule has 0 saturated carbocycles. The Morgan fingerprint density at radius 2 is 1.23 bits per heavy atom. The molecule has 2 rings (SSSR count). The van der Waals surface area contributed by atoms with Gasteiger partial charge in [0.25, 0.3) is 0 Å². The van der Waals surface area contributed by atoms with Crippen LogP contribution in [0.3, 0.4) is 0 Å². The maximum atomic E-state index is 5.86. The van der Waals surface area contributed by atoms with Crippen LogP contribution in [-0.2, 0) is 6.42 Å². The number of rotatable bonds is 17. The molecule has 31 heavy (non-hydrogen) atoms. The first-order valence-electron chi connectivity index (χ1n) is 12.7. The smallest absolute Gasteiger partial charge is 0.119 e. The van der Waals surface area contributed by atoms with Crippen LogP contribution in [0.5, 0.6) is 5.75 Å². The van der Waals surface area contributed by atoms with Crippen molar-refractivity contribution in [1.82, 2.24) is 0 Å². The van der Waals surface area contributed by atoms with Crippen molar-refractivity contribution in [2.24, 2.45) is 4.99 Å². The lowest BCUT2D eigenvalue weighted by atomic mass is 10.0. The van der Waals surface area contributed by atoms with E-state index in [9.17, 15) is 0 Å². The third kappa shape index (κ3) is 11.8. The molecule has 0 saturated heterocycles. The van der Waals surface area contributed by atoms with Crippen molar-refractivity contribution in [3.63, 3.8) is 0 Å². The SMILES string of the molecule is CCCCCCCCOc1ccc(C=Nc2ccc(CCCCCCCC)cc2)cc1. The topological polar surface area (TPSA) is 21.6 Å². The molecule has 0 aliphatic rings. The highest BCUT2D eigenvalue weighted by atomic mass is 16.5. The molecule has 2 heteroatoms. The second-order valence-corrected chi connectivity index (χ2v) is 8.63. The number of nitrogens with zero attached hydrogens (tertiary/aromatic N) is 1. The monoisotopic (exact) mass is 421 g/mol. The third-order valence-corrected chi connectivity index (χ3v) is 5.76. The second kappa shape index (κ2) is 16.6. The van der Waals surface area contributed by atoms with Gasteiger partial charge in [0.15, 0.2) is 0 Å². The normalized spacial score (nSPS) is 11.3. The van der Waals surface area contributed by atoms with Crippen molar-refractivity contribution < 1.29 is 4.74 Å². The molecule has 0 N–H and O–H groups in total.